The van der Waals surface area contributed by atoms with Crippen LogP contribution in [-0.2, 0) is 14.3 Å². The first-order valence-electron chi connectivity index (χ1n) is 4.44. The third-order valence-corrected chi connectivity index (χ3v) is 1.77. The van der Waals surface area contributed by atoms with E-state index in [4.69, 9.17) is 9.47 Å². The first kappa shape index (κ1) is 10.2. The van der Waals surface area contributed by atoms with Gasteiger partial charge in [0.15, 0.2) is 0 Å². The van der Waals surface area contributed by atoms with Crippen molar-refractivity contribution < 1.29 is 14.3 Å². The third-order valence-electron chi connectivity index (χ3n) is 1.77. The molecule has 1 aliphatic heterocycles. The van der Waals surface area contributed by atoms with Crippen LogP contribution < -0.4 is 5.32 Å². The van der Waals surface area contributed by atoms with E-state index in [2.05, 4.69) is 11.9 Å². The summed E-state index contributed by atoms with van der Waals surface area (Å²) in [7, 11) is 0. The molecule has 0 aromatic heterocycles. The van der Waals surface area contributed by atoms with E-state index >= 15 is 0 Å². The maximum Gasteiger partial charge on any atom is 0.306 e. The minimum atomic E-state index is -0.197. The van der Waals surface area contributed by atoms with Gasteiger partial charge < -0.3 is 9.47 Å². The lowest BCUT2D eigenvalue weighted by Gasteiger charge is -2.08. The fourth-order valence-electron chi connectivity index (χ4n) is 1.14. The summed E-state index contributed by atoms with van der Waals surface area (Å²) in [6.45, 7) is 5.34. The second-order valence-corrected chi connectivity index (χ2v) is 2.82. The van der Waals surface area contributed by atoms with E-state index in [1.54, 1.807) is 6.08 Å². The maximum absolute atomic E-state index is 11.0. The molecule has 1 atom stereocenters. The van der Waals surface area contributed by atoms with Crippen LogP contribution in [0.15, 0.2) is 12.7 Å². The number of nitrogens with one attached hydrogen (secondary N) is 1. The van der Waals surface area contributed by atoms with Crippen LogP contribution >= 0.6 is 0 Å². The number of carbonyl (C=O) groups is 1. The summed E-state index contributed by atoms with van der Waals surface area (Å²) in [6, 6.07) is 0. The van der Waals surface area contributed by atoms with E-state index < -0.39 is 0 Å². The van der Waals surface area contributed by atoms with Crippen molar-refractivity contribution in [2.24, 2.45) is 0 Å². The third kappa shape index (κ3) is 4.05. The van der Waals surface area contributed by atoms with Crippen LogP contribution in [0.1, 0.15) is 12.8 Å². The molecule has 4 nitrogen and oxygen atoms in total. The Bertz CT molecular complexity index is 176. The van der Waals surface area contributed by atoms with Gasteiger partial charge in [-0.3, -0.25) is 10.1 Å². The molecule has 4 heteroatoms. The van der Waals surface area contributed by atoms with Crippen molar-refractivity contribution in [1.82, 2.24) is 5.32 Å². The second kappa shape index (κ2) is 5.72. The molecule has 1 heterocycles. The Labute approximate surface area is 77.9 Å². The average Bonchev–Trinajstić information content (AvgIpc) is 2.64. The highest BCUT2D eigenvalue weighted by molar-refractivity contribution is 5.69. The molecular weight excluding hydrogens is 170 g/mol. The average molecular weight is 185 g/mol. The summed E-state index contributed by atoms with van der Waals surface area (Å²) >= 11 is 0. The standard InChI is InChI=1S/C9H15NO3/c1-2-6-13-9(11)4-3-8-10-5-7-12-8/h2,8,10H,1,3-7H2. The number of carbonyl (C=O) groups excluding carboxylic acids is 1. The van der Waals surface area contributed by atoms with Gasteiger partial charge in [0.1, 0.15) is 12.8 Å². The highest BCUT2D eigenvalue weighted by Gasteiger charge is 2.15. The van der Waals surface area contributed by atoms with Crippen LogP contribution in [0.4, 0.5) is 0 Å². The Hall–Kier alpha value is -0.870. The van der Waals surface area contributed by atoms with E-state index in [0.29, 0.717) is 12.8 Å². The maximum atomic E-state index is 11.0. The van der Waals surface area contributed by atoms with E-state index in [-0.39, 0.29) is 18.8 Å². The van der Waals surface area contributed by atoms with Gasteiger partial charge in [-0.05, 0) is 6.42 Å². The molecule has 1 unspecified atom stereocenters. The van der Waals surface area contributed by atoms with Crippen LogP contribution in [0.2, 0.25) is 0 Å². The normalized spacial score (nSPS) is 21.4. The van der Waals surface area contributed by atoms with Crippen molar-refractivity contribution in [2.45, 2.75) is 19.1 Å². The van der Waals surface area contributed by atoms with Crippen molar-refractivity contribution in [1.29, 1.82) is 0 Å². The van der Waals surface area contributed by atoms with E-state index in [9.17, 15) is 4.79 Å². The molecule has 0 amide bonds. The lowest BCUT2D eigenvalue weighted by Crippen LogP contribution is -2.23. The Morgan fingerprint density at radius 3 is 3.23 bits per heavy atom. The summed E-state index contributed by atoms with van der Waals surface area (Å²) in [5.41, 5.74) is 0. The van der Waals surface area contributed by atoms with Crippen molar-refractivity contribution >= 4 is 5.97 Å². The summed E-state index contributed by atoms with van der Waals surface area (Å²) in [6.07, 6.45) is 2.65. The van der Waals surface area contributed by atoms with Crippen LogP contribution in [0.5, 0.6) is 0 Å². The van der Waals surface area contributed by atoms with Gasteiger partial charge in [0.05, 0.1) is 6.61 Å². The summed E-state index contributed by atoms with van der Waals surface area (Å²) < 4.78 is 10.1. The Kier molecular flexibility index (Phi) is 4.49. The first-order valence-corrected chi connectivity index (χ1v) is 4.44. The minimum absolute atomic E-state index is 0.0243. The largest absolute Gasteiger partial charge is 0.461 e. The predicted octanol–water partition coefficient (Wildman–Crippen LogP) is 0.442. The van der Waals surface area contributed by atoms with Crippen molar-refractivity contribution in [3.63, 3.8) is 0 Å². The van der Waals surface area contributed by atoms with Crippen molar-refractivity contribution in [3.8, 4) is 0 Å². The molecule has 1 aliphatic rings. The lowest BCUT2D eigenvalue weighted by molar-refractivity contribution is -0.143. The smallest absolute Gasteiger partial charge is 0.306 e. The van der Waals surface area contributed by atoms with Crippen LogP contribution in [0.3, 0.4) is 0 Å². The topological polar surface area (TPSA) is 47.6 Å². The van der Waals surface area contributed by atoms with Gasteiger partial charge in [-0.15, -0.1) is 0 Å². The summed E-state index contributed by atoms with van der Waals surface area (Å²) in [4.78, 5) is 11.0. The molecule has 0 radical (unpaired) electrons. The highest BCUT2D eigenvalue weighted by atomic mass is 16.5. The van der Waals surface area contributed by atoms with Gasteiger partial charge in [-0.2, -0.15) is 0 Å². The van der Waals surface area contributed by atoms with Gasteiger partial charge in [0.25, 0.3) is 0 Å². The molecule has 0 bridgehead atoms. The molecule has 1 saturated heterocycles. The Morgan fingerprint density at radius 1 is 1.77 bits per heavy atom. The molecule has 1 fully saturated rings. The molecule has 1 N–H and O–H groups in total. The van der Waals surface area contributed by atoms with Gasteiger partial charge in [-0.1, -0.05) is 12.7 Å². The molecule has 0 aliphatic carbocycles. The molecule has 0 aromatic rings. The Balaban J connectivity index is 2.03. The van der Waals surface area contributed by atoms with E-state index in [1.807, 2.05) is 0 Å². The van der Waals surface area contributed by atoms with Crippen molar-refractivity contribution in [2.75, 3.05) is 19.8 Å². The molecule has 0 aromatic carbocycles. The zero-order valence-electron chi connectivity index (χ0n) is 7.62. The van der Waals surface area contributed by atoms with Crippen LogP contribution in [0, 0.1) is 0 Å². The van der Waals surface area contributed by atoms with Gasteiger partial charge in [0.2, 0.25) is 0 Å². The van der Waals surface area contributed by atoms with Gasteiger partial charge >= 0.3 is 5.97 Å². The molecule has 0 spiro atoms. The lowest BCUT2D eigenvalue weighted by atomic mass is 10.3. The molecular formula is C9H15NO3. The molecule has 13 heavy (non-hydrogen) atoms. The predicted molar refractivity (Wildman–Crippen MR) is 48.1 cm³/mol. The summed E-state index contributed by atoms with van der Waals surface area (Å²) in [5, 5.41) is 3.12. The SMILES string of the molecule is C=CCOC(=O)CCC1NCCO1. The van der Waals surface area contributed by atoms with Gasteiger partial charge in [-0.25, -0.2) is 0 Å². The number of rotatable bonds is 5. The fourth-order valence-corrected chi connectivity index (χ4v) is 1.14. The number of hydrogen-bond donors (Lipinski definition) is 1. The summed E-state index contributed by atoms with van der Waals surface area (Å²) in [5.74, 6) is -0.197. The molecule has 0 saturated carbocycles. The molecule has 1 rings (SSSR count). The van der Waals surface area contributed by atoms with E-state index in [1.165, 1.54) is 0 Å². The van der Waals surface area contributed by atoms with Crippen LogP contribution in [0.25, 0.3) is 0 Å². The zero-order chi connectivity index (χ0) is 9.52. The number of esters is 1. The fraction of sp³-hybridized carbons (Fsp3) is 0.667. The monoisotopic (exact) mass is 185 g/mol. The quantitative estimate of drug-likeness (QED) is 0.499. The highest BCUT2D eigenvalue weighted by Crippen LogP contribution is 2.04. The second-order valence-electron chi connectivity index (χ2n) is 2.82. The number of ether oxygens (including phenoxy) is 2. The first-order chi connectivity index (χ1) is 6.33. The van der Waals surface area contributed by atoms with Gasteiger partial charge in [0, 0.05) is 13.0 Å². The minimum Gasteiger partial charge on any atom is -0.461 e. The number of hydrogen-bond acceptors (Lipinski definition) is 4. The van der Waals surface area contributed by atoms with E-state index in [0.717, 1.165) is 13.2 Å². The zero-order valence-corrected chi connectivity index (χ0v) is 7.62. The Morgan fingerprint density at radius 2 is 2.62 bits per heavy atom. The molecule has 74 valence electrons. The van der Waals surface area contributed by atoms with Crippen LogP contribution in [-0.4, -0.2) is 32.0 Å². The van der Waals surface area contributed by atoms with Crippen molar-refractivity contribution in [3.05, 3.63) is 12.7 Å².